The first-order valence-electron chi connectivity index (χ1n) is 6.85. The van der Waals surface area contributed by atoms with Gasteiger partial charge in [-0.3, -0.25) is 4.79 Å². The fourth-order valence-corrected chi connectivity index (χ4v) is 1.31. The predicted octanol–water partition coefficient (Wildman–Crippen LogP) is 1.08. The highest BCUT2D eigenvalue weighted by atomic mass is 24.3. The minimum Gasteiger partial charge on any atom is -0.480 e. The van der Waals surface area contributed by atoms with Gasteiger partial charge in [-0.25, -0.2) is 4.79 Å². The van der Waals surface area contributed by atoms with Gasteiger partial charge in [-0.15, -0.1) is 0 Å². The predicted molar refractivity (Wildman–Crippen MR) is 91.4 cm³/mol. The molecular weight excluding hydrogens is 310 g/mol. The summed E-state index contributed by atoms with van der Waals surface area (Å²) in [6, 6.07) is 7.59. The highest BCUT2D eigenvalue weighted by Crippen LogP contribution is 2.09. The molecule has 0 radical (unpaired) electrons. The van der Waals surface area contributed by atoms with Gasteiger partial charge in [0.1, 0.15) is 19.3 Å². The molecule has 0 spiro atoms. The topological polar surface area (TPSA) is 88.2 Å². The first kappa shape index (κ1) is 21.4. The molecule has 124 valence electrons. The van der Waals surface area contributed by atoms with Crippen molar-refractivity contribution in [2.45, 2.75) is 20.0 Å². The fourth-order valence-electron chi connectivity index (χ4n) is 1.31. The number of ether oxygens (including phenoxy) is 2. The number of aryl methyl sites for hydroxylation is 1. The maximum absolute atomic E-state index is 10.7. The lowest BCUT2D eigenvalue weighted by atomic mass is 10.2. The minimum atomic E-state index is -0.851. The third kappa shape index (κ3) is 10.7. The average molecular weight is 334 g/mol. The summed E-state index contributed by atoms with van der Waals surface area (Å²) in [5, 5.41) is 11.1. The van der Waals surface area contributed by atoms with Crippen molar-refractivity contribution in [3.63, 3.8) is 0 Å². The molecule has 0 amide bonds. The quantitative estimate of drug-likeness (QED) is 0.350. The van der Waals surface area contributed by atoms with Crippen molar-refractivity contribution in [1.29, 1.82) is 0 Å². The highest BCUT2D eigenvalue weighted by Gasteiger charge is 2.24. The second-order valence-corrected chi connectivity index (χ2v) is 4.95. The number of esters is 1. The zero-order valence-electron chi connectivity index (χ0n) is 12.8. The summed E-state index contributed by atoms with van der Waals surface area (Å²) in [6.07, 6.45) is 0.142. The van der Waals surface area contributed by atoms with Gasteiger partial charge in [0.25, 0.3) is 0 Å². The van der Waals surface area contributed by atoms with Crippen LogP contribution in [0.5, 0.6) is 0 Å². The van der Waals surface area contributed by atoms with Gasteiger partial charge in [0, 0.05) is 11.3 Å². The minimum absolute atomic E-state index is 0. The number of anilines is 1. The smallest absolute Gasteiger partial charge is 0.333 e. The van der Waals surface area contributed by atoms with E-state index in [0.717, 1.165) is 11.3 Å². The molecular formula is C16H23MgNO5. The number of aliphatic carboxylic acids is 1. The Hall–Kier alpha value is -1.57. The van der Waals surface area contributed by atoms with Crippen LogP contribution < -0.4 is 5.32 Å². The van der Waals surface area contributed by atoms with E-state index in [1.54, 1.807) is 6.92 Å². The maximum Gasteiger partial charge on any atom is 0.333 e. The van der Waals surface area contributed by atoms with Crippen molar-refractivity contribution in [2.24, 2.45) is 0 Å². The largest absolute Gasteiger partial charge is 0.480 e. The van der Waals surface area contributed by atoms with Crippen molar-refractivity contribution in [3.05, 3.63) is 42.0 Å². The summed E-state index contributed by atoms with van der Waals surface area (Å²) < 4.78 is 9.60. The van der Waals surface area contributed by atoms with Crippen LogP contribution in [-0.4, -0.2) is 66.0 Å². The van der Waals surface area contributed by atoms with Crippen molar-refractivity contribution >= 4 is 40.7 Å². The van der Waals surface area contributed by atoms with Crippen molar-refractivity contribution < 1.29 is 24.2 Å². The van der Waals surface area contributed by atoms with Crippen LogP contribution in [0, 0.1) is 6.92 Å². The molecule has 1 fully saturated rings. The summed E-state index contributed by atoms with van der Waals surface area (Å²) in [4.78, 5) is 20.9. The van der Waals surface area contributed by atoms with E-state index in [9.17, 15) is 9.59 Å². The van der Waals surface area contributed by atoms with E-state index < -0.39 is 5.97 Å². The zero-order chi connectivity index (χ0) is 16.5. The first-order chi connectivity index (χ1) is 10.4. The van der Waals surface area contributed by atoms with E-state index in [4.69, 9.17) is 14.6 Å². The molecule has 1 unspecified atom stereocenters. The SMILES string of the molecule is C=C(C)C(=O)OCC1CO1.Cc1ccc(NCC(=O)O)cc1.[MgH2]. The number of rotatable bonds is 6. The molecule has 0 aliphatic carbocycles. The van der Waals surface area contributed by atoms with Gasteiger partial charge in [0.05, 0.1) is 6.61 Å². The van der Waals surface area contributed by atoms with Crippen LogP contribution in [0.25, 0.3) is 0 Å². The van der Waals surface area contributed by atoms with Crippen LogP contribution in [0.2, 0.25) is 0 Å². The van der Waals surface area contributed by atoms with Crippen LogP contribution in [0.1, 0.15) is 12.5 Å². The number of carbonyl (C=O) groups excluding carboxylic acids is 1. The third-order valence-electron chi connectivity index (χ3n) is 2.65. The van der Waals surface area contributed by atoms with Crippen LogP contribution in [0.15, 0.2) is 36.4 Å². The Morgan fingerprint density at radius 2 is 1.96 bits per heavy atom. The Bertz CT molecular complexity index is 526. The number of carbonyl (C=O) groups is 2. The molecule has 23 heavy (non-hydrogen) atoms. The Morgan fingerprint density at radius 1 is 1.39 bits per heavy atom. The fraction of sp³-hybridized carbons (Fsp3) is 0.375. The Kier molecular flexibility index (Phi) is 10.3. The molecule has 0 bridgehead atoms. The molecule has 1 aromatic rings. The van der Waals surface area contributed by atoms with E-state index >= 15 is 0 Å². The maximum atomic E-state index is 10.7. The van der Waals surface area contributed by atoms with Gasteiger partial charge in [0.2, 0.25) is 0 Å². The zero-order valence-corrected chi connectivity index (χ0v) is 12.8. The number of nitrogens with one attached hydrogen (secondary N) is 1. The Balaban J connectivity index is 0.000000409. The molecule has 0 aromatic heterocycles. The van der Waals surface area contributed by atoms with Crippen molar-refractivity contribution in [3.8, 4) is 0 Å². The van der Waals surface area contributed by atoms with Crippen LogP contribution in [0.3, 0.4) is 0 Å². The lowest BCUT2D eigenvalue weighted by Crippen LogP contribution is -2.11. The second kappa shape index (κ2) is 11.0. The average Bonchev–Trinajstić information content (AvgIpc) is 3.29. The number of carboxylic acids is 1. The molecule has 1 heterocycles. The summed E-state index contributed by atoms with van der Waals surface area (Å²) in [5.41, 5.74) is 2.43. The number of benzene rings is 1. The van der Waals surface area contributed by atoms with Crippen LogP contribution in [0.4, 0.5) is 5.69 Å². The van der Waals surface area contributed by atoms with E-state index in [1.807, 2.05) is 31.2 Å². The number of carboxylic acid groups (broad SMARTS) is 1. The van der Waals surface area contributed by atoms with E-state index in [1.165, 1.54) is 0 Å². The van der Waals surface area contributed by atoms with E-state index in [-0.39, 0.29) is 41.7 Å². The monoisotopic (exact) mass is 333 g/mol. The molecule has 6 nitrogen and oxygen atoms in total. The third-order valence-corrected chi connectivity index (χ3v) is 2.65. The molecule has 2 N–H and O–H groups in total. The number of hydrogen-bond donors (Lipinski definition) is 2. The molecule has 1 atom stereocenters. The van der Waals surface area contributed by atoms with E-state index in [0.29, 0.717) is 18.8 Å². The van der Waals surface area contributed by atoms with Crippen LogP contribution >= 0.6 is 0 Å². The van der Waals surface area contributed by atoms with Gasteiger partial charge in [-0.2, -0.15) is 0 Å². The molecule has 2 rings (SSSR count). The summed E-state index contributed by atoms with van der Waals surface area (Å²) in [6.45, 7) is 8.09. The summed E-state index contributed by atoms with van der Waals surface area (Å²) >= 11 is 0. The summed E-state index contributed by atoms with van der Waals surface area (Å²) in [5.74, 6) is -1.19. The van der Waals surface area contributed by atoms with Gasteiger partial charge < -0.3 is 19.9 Å². The standard InChI is InChI=1S/C9H11NO2.C7H10O3.Mg.2H/c1-7-2-4-8(5-3-7)10-6-9(11)12;1-5(2)7(8)10-4-6-3-9-6;;;/h2-5,10H,6H2,1H3,(H,11,12);6H,1,3-4H2,2H3;;;. The molecule has 1 aliphatic rings. The number of hydrogen-bond acceptors (Lipinski definition) is 5. The summed E-state index contributed by atoms with van der Waals surface area (Å²) in [7, 11) is 0. The first-order valence-corrected chi connectivity index (χ1v) is 6.85. The van der Waals surface area contributed by atoms with Gasteiger partial charge >= 0.3 is 35.0 Å². The second-order valence-electron chi connectivity index (χ2n) is 4.95. The highest BCUT2D eigenvalue weighted by molar-refractivity contribution is 5.86. The van der Waals surface area contributed by atoms with Crippen molar-refractivity contribution in [2.75, 3.05) is 25.1 Å². The molecule has 1 aliphatic heterocycles. The normalized spacial score (nSPS) is 14.4. The molecule has 0 saturated carbocycles. The lowest BCUT2D eigenvalue weighted by Gasteiger charge is -2.02. The van der Waals surface area contributed by atoms with Gasteiger partial charge in [0.15, 0.2) is 0 Å². The van der Waals surface area contributed by atoms with E-state index in [2.05, 4.69) is 11.9 Å². The molecule has 7 heteroatoms. The van der Waals surface area contributed by atoms with Gasteiger partial charge in [-0.05, 0) is 26.0 Å². The van der Waals surface area contributed by atoms with Crippen LogP contribution in [-0.2, 0) is 19.1 Å². The number of epoxide rings is 1. The molecule has 1 aromatic carbocycles. The Morgan fingerprint density at radius 3 is 2.39 bits per heavy atom. The lowest BCUT2D eigenvalue weighted by molar-refractivity contribution is -0.139. The van der Waals surface area contributed by atoms with Gasteiger partial charge in [-0.1, -0.05) is 24.3 Å². The molecule has 1 saturated heterocycles. The Labute approximate surface area is 152 Å². The van der Waals surface area contributed by atoms with Crippen molar-refractivity contribution in [1.82, 2.24) is 0 Å².